The lowest BCUT2D eigenvalue weighted by molar-refractivity contribution is -0.124. The fourth-order valence-corrected chi connectivity index (χ4v) is 5.82. The van der Waals surface area contributed by atoms with Crippen molar-refractivity contribution in [2.75, 3.05) is 11.9 Å². The molecule has 2 amide bonds. The summed E-state index contributed by atoms with van der Waals surface area (Å²) in [6.07, 6.45) is 0.359. The quantitative estimate of drug-likeness (QED) is 0.737. The number of benzene rings is 2. The second kappa shape index (κ2) is 8.32. The van der Waals surface area contributed by atoms with Crippen molar-refractivity contribution in [3.05, 3.63) is 53.6 Å². The van der Waals surface area contributed by atoms with Gasteiger partial charge in [0.05, 0.1) is 10.6 Å². The van der Waals surface area contributed by atoms with Gasteiger partial charge in [-0.25, -0.2) is 8.42 Å². The third-order valence-corrected chi connectivity index (χ3v) is 7.66. The van der Waals surface area contributed by atoms with Gasteiger partial charge in [0.25, 0.3) is 5.91 Å². The Kier molecular flexibility index (Phi) is 5.72. The molecule has 2 aliphatic heterocycles. The van der Waals surface area contributed by atoms with E-state index in [9.17, 15) is 18.0 Å². The summed E-state index contributed by atoms with van der Waals surface area (Å²) in [4.78, 5) is 24.7. The first-order valence-corrected chi connectivity index (χ1v) is 11.7. The van der Waals surface area contributed by atoms with Gasteiger partial charge in [0.15, 0.2) is 6.10 Å². The van der Waals surface area contributed by atoms with Gasteiger partial charge in [0.1, 0.15) is 11.8 Å². The Morgan fingerprint density at radius 1 is 1.26 bits per heavy atom. The van der Waals surface area contributed by atoms with Gasteiger partial charge in [-0.1, -0.05) is 30.3 Å². The third-order valence-electron chi connectivity index (χ3n) is 5.61. The number of hydrogen-bond acceptors (Lipinski definition) is 5. The van der Waals surface area contributed by atoms with E-state index in [1.54, 1.807) is 19.9 Å². The van der Waals surface area contributed by atoms with Gasteiger partial charge in [-0.2, -0.15) is 4.31 Å². The van der Waals surface area contributed by atoms with E-state index >= 15 is 0 Å². The molecule has 0 unspecified atom stereocenters. The fraction of sp³-hybridized carbons (Fsp3) is 0.364. The molecule has 2 heterocycles. The van der Waals surface area contributed by atoms with Gasteiger partial charge < -0.3 is 15.4 Å². The van der Waals surface area contributed by atoms with Crippen molar-refractivity contribution < 1.29 is 22.7 Å². The average Bonchev–Trinajstić information content (AvgIpc) is 3.24. The van der Waals surface area contributed by atoms with Crippen molar-refractivity contribution in [1.82, 2.24) is 9.62 Å². The molecule has 9 heteroatoms. The third kappa shape index (κ3) is 4.15. The molecule has 164 valence electrons. The molecule has 2 atom stereocenters. The molecule has 2 N–H and O–H groups in total. The summed E-state index contributed by atoms with van der Waals surface area (Å²) in [5.41, 5.74) is 1.87. The Labute approximate surface area is 181 Å². The van der Waals surface area contributed by atoms with E-state index in [0.29, 0.717) is 36.4 Å². The van der Waals surface area contributed by atoms with E-state index in [1.807, 2.05) is 30.3 Å². The first-order valence-electron chi connectivity index (χ1n) is 10.2. The number of fused-ring (bicyclic) bond motifs is 1. The molecule has 2 aliphatic rings. The normalized spacial score (nSPS) is 21.2. The number of amides is 2. The van der Waals surface area contributed by atoms with Gasteiger partial charge in [-0.15, -0.1) is 0 Å². The summed E-state index contributed by atoms with van der Waals surface area (Å²) in [5, 5.41) is 5.57. The van der Waals surface area contributed by atoms with Crippen LogP contribution in [0.15, 0.2) is 47.4 Å². The van der Waals surface area contributed by atoms with Crippen molar-refractivity contribution in [3.63, 3.8) is 0 Å². The highest BCUT2D eigenvalue weighted by atomic mass is 32.2. The minimum absolute atomic E-state index is 0.0809. The van der Waals surface area contributed by atoms with E-state index in [0.717, 1.165) is 5.56 Å². The minimum Gasteiger partial charge on any atom is -0.479 e. The Morgan fingerprint density at radius 2 is 2.00 bits per heavy atom. The lowest BCUT2D eigenvalue weighted by Crippen LogP contribution is -2.45. The first kappa shape index (κ1) is 21.3. The smallest absolute Gasteiger partial charge is 0.265 e. The van der Waals surface area contributed by atoms with Crippen LogP contribution in [-0.2, 0) is 26.2 Å². The molecular weight excluding hydrogens is 418 g/mol. The van der Waals surface area contributed by atoms with Gasteiger partial charge in [0.2, 0.25) is 15.9 Å². The predicted octanol–water partition coefficient (Wildman–Crippen LogP) is 2.18. The molecule has 4 rings (SSSR count). The average molecular weight is 444 g/mol. The molecule has 31 heavy (non-hydrogen) atoms. The number of nitrogens with zero attached hydrogens (tertiary/aromatic N) is 1. The largest absolute Gasteiger partial charge is 0.479 e. The first-order chi connectivity index (χ1) is 14.8. The van der Waals surface area contributed by atoms with Gasteiger partial charge >= 0.3 is 0 Å². The Balaban J connectivity index is 1.57. The van der Waals surface area contributed by atoms with Crippen LogP contribution >= 0.6 is 0 Å². The molecule has 0 saturated carbocycles. The summed E-state index contributed by atoms with van der Waals surface area (Å²) in [6, 6.07) is 11.7. The van der Waals surface area contributed by atoms with Crippen LogP contribution in [0.5, 0.6) is 5.75 Å². The van der Waals surface area contributed by atoms with Crippen LogP contribution in [0.25, 0.3) is 0 Å². The van der Waals surface area contributed by atoms with E-state index in [1.165, 1.54) is 10.4 Å². The standard InChI is InChI=1S/C22H25N3O5S/c1-14-11-17-19(30-15(2)21(26)24-17)12-20(14)31(28,29)25-10-6-9-18(25)22(27)23-13-16-7-4-3-5-8-16/h3-5,7-8,11-12,15,18H,6,9-10,13H2,1-2H3,(H,23,27)(H,24,26)/t15-,18+/m1/s1. The zero-order valence-electron chi connectivity index (χ0n) is 17.4. The van der Waals surface area contributed by atoms with E-state index in [-0.39, 0.29) is 23.3 Å². The highest BCUT2D eigenvalue weighted by molar-refractivity contribution is 7.89. The molecule has 0 aliphatic carbocycles. The van der Waals surface area contributed by atoms with Crippen molar-refractivity contribution >= 4 is 27.5 Å². The number of hydrogen-bond donors (Lipinski definition) is 2. The van der Waals surface area contributed by atoms with Crippen LogP contribution in [0.3, 0.4) is 0 Å². The van der Waals surface area contributed by atoms with E-state index in [2.05, 4.69) is 10.6 Å². The highest BCUT2D eigenvalue weighted by Crippen LogP contribution is 2.36. The number of sulfonamides is 1. The van der Waals surface area contributed by atoms with E-state index < -0.39 is 22.2 Å². The molecule has 1 fully saturated rings. The monoisotopic (exact) mass is 443 g/mol. The second-order valence-corrected chi connectivity index (χ2v) is 9.70. The number of carbonyl (C=O) groups is 2. The molecule has 0 bridgehead atoms. The molecular formula is C22H25N3O5S. The van der Waals surface area contributed by atoms with E-state index in [4.69, 9.17) is 4.74 Å². The molecule has 0 spiro atoms. The van der Waals surface area contributed by atoms with Crippen molar-refractivity contribution in [1.29, 1.82) is 0 Å². The SMILES string of the molecule is Cc1cc2c(cc1S(=O)(=O)N1CCC[C@H]1C(=O)NCc1ccccc1)O[C@H](C)C(=O)N2. The highest BCUT2D eigenvalue weighted by Gasteiger charge is 2.40. The fourth-order valence-electron chi connectivity index (χ4n) is 3.94. The molecule has 2 aromatic carbocycles. The summed E-state index contributed by atoms with van der Waals surface area (Å²) < 4.78 is 33.8. The zero-order valence-corrected chi connectivity index (χ0v) is 18.2. The van der Waals surface area contributed by atoms with Crippen LogP contribution < -0.4 is 15.4 Å². The van der Waals surface area contributed by atoms with Crippen LogP contribution in [0, 0.1) is 6.92 Å². The lowest BCUT2D eigenvalue weighted by Gasteiger charge is -2.27. The number of carbonyl (C=O) groups excluding carboxylic acids is 2. The maximum absolute atomic E-state index is 13.5. The lowest BCUT2D eigenvalue weighted by atomic mass is 10.1. The number of aryl methyl sites for hydroxylation is 1. The maximum Gasteiger partial charge on any atom is 0.265 e. The molecule has 2 aromatic rings. The zero-order chi connectivity index (χ0) is 22.2. The Bertz CT molecular complexity index is 1120. The van der Waals surface area contributed by atoms with Gasteiger partial charge in [-0.05, 0) is 43.9 Å². The van der Waals surface area contributed by atoms with Crippen LogP contribution in [0.1, 0.15) is 30.9 Å². The van der Waals surface area contributed by atoms with Gasteiger partial charge in [0, 0.05) is 19.2 Å². The number of ether oxygens (including phenoxy) is 1. The molecule has 1 saturated heterocycles. The predicted molar refractivity (Wildman–Crippen MR) is 115 cm³/mol. The maximum atomic E-state index is 13.5. The van der Waals surface area contributed by atoms with Crippen LogP contribution in [-0.4, -0.2) is 43.2 Å². The number of nitrogens with one attached hydrogen (secondary N) is 2. The number of rotatable bonds is 5. The molecule has 0 radical (unpaired) electrons. The molecule has 0 aromatic heterocycles. The summed E-state index contributed by atoms with van der Waals surface area (Å²) in [5.74, 6) is -0.282. The Hall–Kier alpha value is -2.91. The van der Waals surface area contributed by atoms with Crippen molar-refractivity contribution in [3.8, 4) is 5.75 Å². The Morgan fingerprint density at radius 3 is 2.74 bits per heavy atom. The van der Waals surface area contributed by atoms with Crippen LogP contribution in [0.2, 0.25) is 0 Å². The summed E-state index contributed by atoms with van der Waals surface area (Å²) in [6.45, 7) is 3.88. The van der Waals surface area contributed by atoms with Crippen molar-refractivity contribution in [2.24, 2.45) is 0 Å². The van der Waals surface area contributed by atoms with Gasteiger partial charge in [-0.3, -0.25) is 9.59 Å². The van der Waals surface area contributed by atoms with Crippen LogP contribution in [0.4, 0.5) is 5.69 Å². The second-order valence-electron chi connectivity index (χ2n) is 7.84. The summed E-state index contributed by atoms with van der Waals surface area (Å²) in [7, 11) is -3.93. The number of anilines is 1. The molecule has 8 nitrogen and oxygen atoms in total. The topological polar surface area (TPSA) is 105 Å². The minimum atomic E-state index is -3.93. The summed E-state index contributed by atoms with van der Waals surface area (Å²) >= 11 is 0. The van der Waals surface area contributed by atoms with Crippen molar-refractivity contribution in [2.45, 2.75) is 50.3 Å².